The third-order valence-electron chi connectivity index (χ3n) is 3.88. The Morgan fingerprint density at radius 2 is 2.12 bits per heavy atom. The van der Waals surface area contributed by atoms with Gasteiger partial charge in [0.1, 0.15) is 11.3 Å². The molecule has 0 radical (unpaired) electrons. The van der Waals surface area contributed by atoms with E-state index in [-0.39, 0.29) is 10.8 Å². The smallest absolute Gasteiger partial charge is 0.336 e. The zero-order valence-corrected chi connectivity index (χ0v) is 14.7. The number of hydrogen-bond acceptors (Lipinski definition) is 5. The maximum Gasteiger partial charge on any atom is 0.336 e. The molecule has 0 bridgehead atoms. The summed E-state index contributed by atoms with van der Waals surface area (Å²) in [6.07, 6.45) is 0. The van der Waals surface area contributed by atoms with E-state index >= 15 is 0 Å². The van der Waals surface area contributed by atoms with Gasteiger partial charge in [-0.1, -0.05) is 29.4 Å². The van der Waals surface area contributed by atoms with Crippen LogP contribution in [0.25, 0.3) is 22.0 Å². The maximum absolute atomic E-state index is 11.8. The highest BCUT2D eigenvalue weighted by Gasteiger charge is 2.11. The van der Waals surface area contributed by atoms with E-state index in [2.05, 4.69) is 9.97 Å². The predicted molar refractivity (Wildman–Crippen MR) is 99.6 cm³/mol. The normalized spacial score (nSPS) is 11.4. The predicted octanol–water partition coefficient (Wildman–Crippen LogP) is 4.63. The summed E-state index contributed by atoms with van der Waals surface area (Å²) < 4.78 is 5.14. The number of aromatic amines is 1. The molecule has 4 aromatic rings. The molecule has 0 aliphatic carbocycles. The largest absolute Gasteiger partial charge is 0.506 e. The van der Waals surface area contributed by atoms with Gasteiger partial charge in [0.25, 0.3) is 0 Å². The van der Waals surface area contributed by atoms with Gasteiger partial charge in [-0.3, -0.25) is 0 Å². The molecular formula is C18H13ClN2O3S. The molecule has 0 spiro atoms. The van der Waals surface area contributed by atoms with Crippen LogP contribution in [0.4, 0.5) is 0 Å². The van der Waals surface area contributed by atoms with Gasteiger partial charge >= 0.3 is 5.63 Å². The molecule has 0 fully saturated rings. The van der Waals surface area contributed by atoms with Crippen LogP contribution in [0.1, 0.15) is 11.1 Å². The van der Waals surface area contributed by atoms with Crippen LogP contribution >= 0.6 is 23.4 Å². The summed E-state index contributed by atoms with van der Waals surface area (Å²) in [7, 11) is 0. The topological polar surface area (TPSA) is 79.1 Å². The van der Waals surface area contributed by atoms with Crippen molar-refractivity contribution in [1.29, 1.82) is 0 Å². The first-order valence-corrected chi connectivity index (χ1v) is 8.90. The highest BCUT2D eigenvalue weighted by Crippen LogP contribution is 2.32. The first kappa shape index (κ1) is 16.1. The number of phenols is 1. The van der Waals surface area contributed by atoms with E-state index in [1.165, 1.54) is 23.9 Å². The van der Waals surface area contributed by atoms with Gasteiger partial charge in [0.05, 0.1) is 16.1 Å². The fourth-order valence-corrected chi connectivity index (χ4v) is 3.71. The molecule has 2 aromatic heterocycles. The first-order chi connectivity index (χ1) is 12.0. The number of thioether (sulfide) groups is 1. The lowest BCUT2D eigenvalue weighted by molar-refractivity contribution is 0.473. The molecule has 0 amide bonds. The molecule has 2 heterocycles. The number of nitrogens with zero attached hydrogens (tertiary/aromatic N) is 1. The van der Waals surface area contributed by atoms with Crippen molar-refractivity contribution in [3.63, 3.8) is 0 Å². The quantitative estimate of drug-likeness (QED) is 0.405. The molecule has 5 nitrogen and oxygen atoms in total. The molecule has 0 atom stereocenters. The van der Waals surface area contributed by atoms with Gasteiger partial charge in [-0.15, -0.1) is 0 Å². The van der Waals surface area contributed by atoms with Crippen LogP contribution < -0.4 is 5.63 Å². The number of fused-ring (bicyclic) bond motifs is 2. The summed E-state index contributed by atoms with van der Waals surface area (Å²) in [5, 5.41) is 11.4. The second-order valence-corrected chi connectivity index (χ2v) is 7.11. The van der Waals surface area contributed by atoms with Crippen LogP contribution in [-0.4, -0.2) is 15.1 Å². The minimum absolute atomic E-state index is 0.116. The lowest BCUT2D eigenvalue weighted by Gasteiger charge is -2.06. The standard InChI is InChI=1S/C18H13ClN2O3S/c1-9-2-3-13-14(4-9)21-18(20-13)25-8-10-5-17(23)24-16-7-15(22)12(19)6-11(10)16/h2-7,22H,8H2,1H3,(H,20,21). The number of benzene rings is 2. The van der Waals surface area contributed by atoms with Crippen molar-refractivity contribution in [2.24, 2.45) is 0 Å². The van der Waals surface area contributed by atoms with Gasteiger partial charge < -0.3 is 14.5 Å². The second kappa shape index (κ2) is 6.13. The highest BCUT2D eigenvalue weighted by molar-refractivity contribution is 7.98. The van der Waals surface area contributed by atoms with Crippen molar-refractivity contribution in [3.8, 4) is 5.75 Å². The minimum Gasteiger partial charge on any atom is -0.506 e. The zero-order chi connectivity index (χ0) is 17.6. The Kier molecular flexibility index (Phi) is 3.94. The minimum atomic E-state index is -0.468. The van der Waals surface area contributed by atoms with Crippen molar-refractivity contribution in [2.75, 3.05) is 0 Å². The average Bonchev–Trinajstić information content (AvgIpc) is 2.96. The molecule has 4 rings (SSSR count). The SMILES string of the molecule is Cc1ccc2nc(SCc3cc(=O)oc4cc(O)c(Cl)cc34)[nH]c2c1. The number of rotatable bonds is 3. The fourth-order valence-electron chi connectivity index (χ4n) is 2.67. The summed E-state index contributed by atoms with van der Waals surface area (Å²) in [5.41, 5.74) is 3.66. The third kappa shape index (κ3) is 3.10. The van der Waals surface area contributed by atoms with Crippen molar-refractivity contribution in [3.05, 3.63) is 63.0 Å². The summed E-state index contributed by atoms with van der Waals surface area (Å²) in [6.45, 7) is 2.03. The number of hydrogen-bond donors (Lipinski definition) is 2. The zero-order valence-electron chi connectivity index (χ0n) is 13.2. The van der Waals surface area contributed by atoms with E-state index in [0.717, 1.165) is 27.3 Å². The van der Waals surface area contributed by atoms with E-state index in [1.807, 2.05) is 25.1 Å². The van der Waals surface area contributed by atoms with E-state index in [0.29, 0.717) is 16.7 Å². The molecule has 2 aromatic carbocycles. The molecule has 0 aliphatic heterocycles. The first-order valence-electron chi connectivity index (χ1n) is 7.54. The van der Waals surface area contributed by atoms with Crippen LogP contribution in [-0.2, 0) is 5.75 Å². The van der Waals surface area contributed by atoms with Gasteiger partial charge in [-0.25, -0.2) is 9.78 Å². The van der Waals surface area contributed by atoms with Crippen molar-refractivity contribution in [1.82, 2.24) is 9.97 Å². The fraction of sp³-hybridized carbons (Fsp3) is 0.111. The van der Waals surface area contributed by atoms with Crippen molar-refractivity contribution in [2.45, 2.75) is 17.8 Å². The Labute approximate surface area is 151 Å². The number of aromatic nitrogens is 2. The van der Waals surface area contributed by atoms with Crippen LogP contribution in [0.5, 0.6) is 5.75 Å². The van der Waals surface area contributed by atoms with Crippen LogP contribution in [0, 0.1) is 6.92 Å². The molecule has 0 saturated carbocycles. The summed E-state index contributed by atoms with van der Waals surface area (Å²) in [6, 6.07) is 10.4. The number of aromatic hydroxyl groups is 1. The molecular weight excluding hydrogens is 360 g/mol. The third-order valence-corrected chi connectivity index (χ3v) is 5.10. The Morgan fingerprint density at radius 3 is 2.96 bits per heavy atom. The Bertz CT molecular complexity index is 1170. The Hall–Kier alpha value is -2.44. The van der Waals surface area contributed by atoms with Crippen LogP contribution in [0.15, 0.2) is 50.8 Å². The molecule has 126 valence electrons. The lowest BCUT2D eigenvalue weighted by atomic mass is 10.1. The van der Waals surface area contributed by atoms with Gasteiger partial charge in [0, 0.05) is 23.3 Å². The van der Waals surface area contributed by atoms with Gasteiger partial charge in [-0.2, -0.15) is 0 Å². The summed E-state index contributed by atoms with van der Waals surface area (Å²) in [4.78, 5) is 19.6. The number of H-pyrrole nitrogens is 1. The molecule has 7 heteroatoms. The highest BCUT2D eigenvalue weighted by atomic mass is 35.5. The summed E-state index contributed by atoms with van der Waals surface area (Å²) >= 11 is 7.48. The monoisotopic (exact) mass is 372 g/mol. The molecule has 2 N–H and O–H groups in total. The van der Waals surface area contributed by atoms with E-state index in [1.54, 1.807) is 6.07 Å². The second-order valence-electron chi connectivity index (χ2n) is 5.74. The number of aryl methyl sites for hydroxylation is 1. The number of imidazole rings is 1. The number of nitrogens with one attached hydrogen (secondary N) is 1. The molecule has 0 aliphatic rings. The van der Waals surface area contributed by atoms with Crippen LogP contribution in [0.3, 0.4) is 0 Å². The van der Waals surface area contributed by atoms with Crippen molar-refractivity contribution < 1.29 is 9.52 Å². The Morgan fingerprint density at radius 1 is 1.28 bits per heavy atom. The van der Waals surface area contributed by atoms with Gasteiger partial charge in [0.15, 0.2) is 5.16 Å². The Balaban J connectivity index is 1.69. The maximum atomic E-state index is 11.8. The van der Waals surface area contributed by atoms with Gasteiger partial charge in [0.2, 0.25) is 0 Å². The molecule has 25 heavy (non-hydrogen) atoms. The lowest BCUT2D eigenvalue weighted by Crippen LogP contribution is -2.00. The van der Waals surface area contributed by atoms with E-state index < -0.39 is 5.63 Å². The number of phenolic OH excluding ortho intramolecular Hbond substituents is 1. The van der Waals surface area contributed by atoms with Gasteiger partial charge in [-0.05, 0) is 36.2 Å². The number of halogens is 1. The van der Waals surface area contributed by atoms with E-state index in [9.17, 15) is 9.90 Å². The average molecular weight is 373 g/mol. The van der Waals surface area contributed by atoms with Crippen LogP contribution in [0.2, 0.25) is 5.02 Å². The van der Waals surface area contributed by atoms with Crippen molar-refractivity contribution >= 4 is 45.4 Å². The molecule has 0 saturated heterocycles. The summed E-state index contributed by atoms with van der Waals surface area (Å²) in [5.74, 6) is 0.400. The van der Waals surface area contributed by atoms with E-state index in [4.69, 9.17) is 16.0 Å². The molecule has 0 unspecified atom stereocenters.